The zero-order chi connectivity index (χ0) is 23.7. The summed E-state index contributed by atoms with van der Waals surface area (Å²) < 4.78 is 21.0. The minimum atomic E-state index is -0.594. The molecule has 0 bridgehead atoms. The molecule has 0 saturated heterocycles. The Morgan fingerprint density at radius 2 is 1.66 bits per heavy atom. The molecule has 0 aliphatic carbocycles. The number of ether oxygens (including phenoxy) is 4. The molecule has 174 valence electrons. The Labute approximate surface area is 191 Å². The van der Waals surface area contributed by atoms with Crippen LogP contribution in [0.2, 0.25) is 0 Å². The smallest absolute Gasteiger partial charge is 0.348 e. The number of esters is 2. The molecular formula is C23H29NO7S. The van der Waals surface area contributed by atoms with Crippen molar-refractivity contribution >= 4 is 34.2 Å². The number of benzene rings is 1. The molecule has 1 N–H and O–H groups in total. The summed E-state index contributed by atoms with van der Waals surface area (Å²) in [6, 6.07) is 5.51. The highest BCUT2D eigenvalue weighted by Gasteiger charge is 2.27. The van der Waals surface area contributed by atoms with Gasteiger partial charge in [-0.1, -0.05) is 6.07 Å². The van der Waals surface area contributed by atoms with E-state index in [-0.39, 0.29) is 41.0 Å². The van der Waals surface area contributed by atoms with Crippen molar-refractivity contribution in [1.29, 1.82) is 0 Å². The Bertz CT molecular complexity index is 967. The maximum atomic E-state index is 12.6. The third-order valence-corrected chi connectivity index (χ3v) is 5.70. The molecular weight excluding hydrogens is 434 g/mol. The number of hydrogen-bond acceptors (Lipinski definition) is 8. The Kier molecular flexibility index (Phi) is 9.52. The van der Waals surface area contributed by atoms with Crippen molar-refractivity contribution in [2.45, 2.75) is 40.5 Å². The molecule has 0 atom stereocenters. The minimum Gasteiger partial charge on any atom is -0.493 e. The van der Waals surface area contributed by atoms with Crippen LogP contribution < -0.4 is 14.8 Å². The summed E-state index contributed by atoms with van der Waals surface area (Å²) in [7, 11) is 1.56. The van der Waals surface area contributed by atoms with E-state index < -0.39 is 11.9 Å². The second-order valence-electron chi connectivity index (χ2n) is 6.67. The number of amides is 1. The number of carbonyl (C=O) groups is 3. The van der Waals surface area contributed by atoms with Gasteiger partial charge in [0.05, 0.1) is 32.5 Å². The largest absolute Gasteiger partial charge is 0.493 e. The highest BCUT2D eigenvalue weighted by atomic mass is 32.1. The number of rotatable bonds is 11. The molecule has 9 heteroatoms. The first-order valence-corrected chi connectivity index (χ1v) is 11.2. The zero-order valence-electron chi connectivity index (χ0n) is 19.0. The molecule has 0 aliphatic rings. The minimum absolute atomic E-state index is 0.172. The lowest BCUT2D eigenvalue weighted by Gasteiger charge is -2.11. The average Bonchev–Trinajstić information content (AvgIpc) is 3.09. The third kappa shape index (κ3) is 6.23. The van der Waals surface area contributed by atoms with Gasteiger partial charge in [0.25, 0.3) is 0 Å². The van der Waals surface area contributed by atoms with E-state index >= 15 is 0 Å². The van der Waals surface area contributed by atoms with Crippen LogP contribution in [0.25, 0.3) is 0 Å². The van der Waals surface area contributed by atoms with E-state index in [1.165, 1.54) is 0 Å². The summed E-state index contributed by atoms with van der Waals surface area (Å²) in [5, 5.41) is 3.03. The maximum absolute atomic E-state index is 12.6. The number of carbonyl (C=O) groups excluding carboxylic acids is 3. The molecule has 0 unspecified atom stereocenters. The molecule has 0 spiro atoms. The van der Waals surface area contributed by atoms with E-state index in [1.54, 1.807) is 27.9 Å². The molecule has 2 aromatic rings. The summed E-state index contributed by atoms with van der Waals surface area (Å²) in [6.45, 7) is 7.82. The fourth-order valence-corrected chi connectivity index (χ4v) is 4.14. The number of anilines is 1. The second kappa shape index (κ2) is 12.1. The molecule has 2 rings (SSSR count). The highest BCUT2D eigenvalue weighted by molar-refractivity contribution is 7.18. The molecule has 0 saturated carbocycles. The van der Waals surface area contributed by atoms with Crippen LogP contribution in [-0.4, -0.2) is 44.8 Å². The number of methoxy groups -OCH3 is 1. The molecule has 1 amide bonds. The Balaban J connectivity index is 2.17. The van der Waals surface area contributed by atoms with E-state index in [9.17, 15) is 14.4 Å². The maximum Gasteiger partial charge on any atom is 0.348 e. The lowest BCUT2D eigenvalue weighted by molar-refractivity contribution is -0.116. The van der Waals surface area contributed by atoms with Crippen LogP contribution in [0.3, 0.4) is 0 Å². The van der Waals surface area contributed by atoms with Crippen molar-refractivity contribution in [2.24, 2.45) is 0 Å². The normalized spacial score (nSPS) is 10.4. The van der Waals surface area contributed by atoms with Crippen LogP contribution >= 0.6 is 11.3 Å². The van der Waals surface area contributed by atoms with Crippen LogP contribution in [0.1, 0.15) is 58.3 Å². The first kappa shape index (κ1) is 25.2. The summed E-state index contributed by atoms with van der Waals surface area (Å²) in [5.74, 6) is -0.184. The SMILES string of the molecule is CCOC(=O)c1sc(NC(=O)CCc2ccc(OCC)c(OC)c2)c(C(=O)OCC)c1C. The van der Waals surface area contributed by atoms with Gasteiger partial charge in [-0.15, -0.1) is 11.3 Å². The van der Waals surface area contributed by atoms with Crippen LogP contribution in [0, 0.1) is 6.92 Å². The molecule has 0 radical (unpaired) electrons. The van der Waals surface area contributed by atoms with Crippen LogP contribution in [0.4, 0.5) is 5.00 Å². The molecule has 1 aromatic heterocycles. The van der Waals surface area contributed by atoms with Gasteiger partial charge in [0.2, 0.25) is 5.91 Å². The summed E-state index contributed by atoms with van der Waals surface area (Å²) in [5.41, 5.74) is 1.51. The summed E-state index contributed by atoms with van der Waals surface area (Å²) >= 11 is 1.01. The molecule has 0 aliphatic heterocycles. The standard InChI is InChI=1S/C23H29NO7S/c1-6-29-16-11-9-15(13-17(16)28-5)10-12-18(25)24-21-19(22(26)30-7-2)14(4)20(32-21)23(27)31-8-3/h9,11,13H,6-8,10,12H2,1-5H3,(H,24,25). The molecule has 8 nitrogen and oxygen atoms in total. The van der Waals surface area contributed by atoms with E-state index in [0.717, 1.165) is 16.9 Å². The number of hydrogen-bond donors (Lipinski definition) is 1. The van der Waals surface area contributed by atoms with Gasteiger partial charge < -0.3 is 24.3 Å². The number of nitrogens with one attached hydrogen (secondary N) is 1. The Morgan fingerprint density at radius 1 is 0.969 bits per heavy atom. The predicted molar refractivity (Wildman–Crippen MR) is 122 cm³/mol. The van der Waals surface area contributed by atoms with Crippen molar-refractivity contribution in [1.82, 2.24) is 0 Å². The average molecular weight is 464 g/mol. The fraction of sp³-hybridized carbons (Fsp3) is 0.435. The first-order valence-electron chi connectivity index (χ1n) is 10.4. The third-order valence-electron chi connectivity index (χ3n) is 4.51. The predicted octanol–water partition coefficient (Wildman–Crippen LogP) is 4.39. The first-order chi connectivity index (χ1) is 15.4. The Hall–Kier alpha value is -3.07. The van der Waals surface area contributed by atoms with Crippen molar-refractivity contribution in [2.75, 3.05) is 32.2 Å². The van der Waals surface area contributed by atoms with Crippen molar-refractivity contribution < 1.29 is 33.3 Å². The molecule has 1 heterocycles. The van der Waals surface area contributed by atoms with Gasteiger partial charge in [0, 0.05) is 6.42 Å². The summed E-state index contributed by atoms with van der Waals surface area (Å²) in [6.07, 6.45) is 0.628. The molecule has 0 fully saturated rings. The van der Waals surface area contributed by atoms with Crippen molar-refractivity contribution in [3.8, 4) is 11.5 Å². The van der Waals surface area contributed by atoms with Gasteiger partial charge in [-0.05, 0) is 57.4 Å². The van der Waals surface area contributed by atoms with E-state index in [1.807, 2.05) is 25.1 Å². The van der Waals surface area contributed by atoms with E-state index in [2.05, 4.69) is 5.32 Å². The van der Waals surface area contributed by atoms with Gasteiger partial charge in [-0.2, -0.15) is 0 Å². The second-order valence-corrected chi connectivity index (χ2v) is 7.69. The molecule has 32 heavy (non-hydrogen) atoms. The fourth-order valence-electron chi connectivity index (χ4n) is 3.03. The number of thiophene rings is 1. The zero-order valence-corrected chi connectivity index (χ0v) is 19.9. The van der Waals surface area contributed by atoms with Crippen molar-refractivity contribution in [3.63, 3.8) is 0 Å². The van der Waals surface area contributed by atoms with Crippen LogP contribution in [0.5, 0.6) is 11.5 Å². The lowest BCUT2D eigenvalue weighted by atomic mass is 10.1. The Morgan fingerprint density at radius 3 is 2.28 bits per heavy atom. The van der Waals surface area contributed by atoms with Crippen LogP contribution in [0.15, 0.2) is 18.2 Å². The van der Waals surface area contributed by atoms with Gasteiger partial charge in [-0.25, -0.2) is 9.59 Å². The van der Waals surface area contributed by atoms with E-state index in [4.69, 9.17) is 18.9 Å². The summed E-state index contributed by atoms with van der Waals surface area (Å²) in [4.78, 5) is 37.6. The van der Waals surface area contributed by atoms with Gasteiger partial charge in [-0.3, -0.25) is 4.79 Å². The number of aryl methyl sites for hydroxylation is 1. The highest BCUT2D eigenvalue weighted by Crippen LogP contribution is 2.34. The van der Waals surface area contributed by atoms with Crippen LogP contribution in [-0.2, 0) is 20.7 Å². The van der Waals surface area contributed by atoms with Crippen molar-refractivity contribution in [3.05, 3.63) is 39.8 Å². The monoisotopic (exact) mass is 463 g/mol. The molecule has 1 aromatic carbocycles. The van der Waals surface area contributed by atoms with Gasteiger partial charge >= 0.3 is 11.9 Å². The lowest BCUT2D eigenvalue weighted by Crippen LogP contribution is -2.15. The quantitative estimate of drug-likeness (QED) is 0.493. The van der Waals surface area contributed by atoms with Gasteiger partial charge in [0.15, 0.2) is 11.5 Å². The van der Waals surface area contributed by atoms with Gasteiger partial charge in [0.1, 0.15) is 9.88 Å². The topological polar surface area (TPSA) is 100 Å². The van der Waals surface area contributed by atoms with E-state index in [0.29, 0.717) is 30.1 Å².